The van der Waals surface area contributed by atoms with Gasteiger partial charge >= 0.3 is 18.2 Å². The number of likely N-dealkylation sites (tertiary alicyclic amines) is 1. The molecule has 1 aliphatic heterocycles. The summed E-state index contributed by atoms with van der Waals surface area (Å²) in [5.74, 6) is -0.468. The minimum absolute atomic E-state index is 0.0368. The van der Waals surface area contributed by atoms with E-state index < -0.39 is 17.7 Å². The summed E-state index contributed by atoms with van der Waals surface area (Å²) in [6.45, 7) is 8.75. The van der Waals surface area contributed by atoms with Gasteiger partial charge in [-0.05, 0) is 45.1 Å². The van der Waals surface area contributed by atoms with E-state index in [4.69, 9.17) is 18.9 Å². The van der Waals surface area contributed by atoms with Crippen LogP contribution in [-0.2, 0) is 36.8 Å². The molecule has 1 aromatic carbocycles. The first kappa shape index (κ1) is 31.9. The summed E-state index contributed by atoms with van der Waals surface area (Å²) < 4.78 is 28.7. The molecular formula is C29H42N4O8. The Balaban J connectivity index is 1.41. The molecule has 1 fully saturated rings. The van der Waals surface area contributed by atoms with Crippen molar-refractivity contribution in [3.63, 3.8) is 0 Å². The molecule has 0 aliphatic carbocycles. The summed E-state index contributed by atoms with van der Waals surface area (Å²) in [6, 6.07) is 9.33. The van der Waals surface area contributed by atoms with E-state index in [2.05, 4.69) is 15.2 Å². The van der Waals surface area contributed by atoms with Crippen molar-refractivity contribution in [2.75, 3.05) is 46.6 Å². The van der Waals surface area contributed by atoms with Crippen LogP contribution in [0.2, 0.25) is 0 Å². The number of rotatable bonds is 13. The molecule has 226 valence electrons. The highest BCUT2D eigenvalue weighted by atomic mass is 16.6. The van der Waals surface area contributed by atoms with Crippen molar-refractivity contribution < 1.29 is 38.1 Å². The number of nitrogens with one attached hydrogen (secondary N) is 1. The average Bonchev–Trinajstić information content (AvgIpc) is 3.42. The third-order valence-corrected chi connectivity index (χ3v) is 6.43. The zero-order chi connectivity index (χ0) is 29.7. The van der Waals surface area contributed by atoms with Gasteiger partial charge in [-0.2, -0.15) is 5.10 Å². The fraction of sp³-hybridized carbons (Fsp3) is 0.586. The number of amides is 2. The molecule has 0 bridgehead atoms. The van der Waals surface area contributed by atoms with Crippen LogP contribution in [0.3, 0.4) is 0 Å². The van der Waals surface area contributed by atoms with Gasteiger partial charge in [0.25, 0.3) is 0 Å². The van der Waals surface area contributed by atoms with Crippen molar-refractivity contribution >= 4 is 18.2 Å². The first-order valence-electron chi connectivity index (χ1n) is 13.9. The molecule has 0 radical (unpaired) electrons. The number of ether oxygens (including phenoxy) is 5. The van der Waals surface area contributed by atoms with Gasteiger partial charge in [0.1, 0.15) is 12.2 Å². The minimum atomic E-state index is -0.590. The molecule has 2 heterocycles. The van der Waals surface area contributed by atoms with E-state index in [1.807, 2.05) is 51.1 Å². The Morgan fingerprint density at radius 3 is 2.49 bits per heavy atom. The van der Waals surface area contributed by atoms with Crippen LogP contribution >= 0.6 is 0 Å². The van der Waals surface area contributed by atoms with Crippen LogP contribution in [0.1, 0.15) is 49.5 Å². The summed E-state index contributed by atoms with van der Waals surface area (Å²) in [4.78, 5) is 38.4. The predicted molar refractivity (Wildman–Crippen MR) is 149 cm³/mol. The number of nitrogens with zero attached hydrogens (tertiary/aromatic N) is 3. The van der Waals surface area contributed by atoms with E-state index in [-0.39, 0.29) is 24.7 Å². The molecule has 2 aromatic rings. The van der Waals surface area contributed by atoms with E-state index in [9.17, 15) is 14.4 Å². The Morgan fingerprint density at radius 1 is 1.05 bits per heavy atom. The monoisotopic (exact) mass is 574 g/mol. The Labute approximate surface area is 241 Å². The van der Waals surface area contributed by atoms with Crippen molar-refractivity contribution in [1.82, 2.24) is 20.0 Å². The molecular weight excluding hydrogens is 532 g/mol. The van der Waals surface area contributed by atoms with Crippen LogP contribution in [0.25, 0.3) is 0 Å². The second kappa shape index (κ2) is 16.0. The van der Waals surface area contributed by atoms with Gasteiger partial charge in [-0.1, -0.05) is 30.3 Å². The number of hydrogen-bond donors (Lipinski definition) is 1. The fourth-order valence-corrected chi connectivity index (χ4v) is 4.35. The maximum atomic E-state index is 12.7. The van der Waals surface area contributed by atoms with E-state index in [0.29, 0.717) is 64.5 Å². The smallest absolute Gasteiger partial charge is 0.410 e. The lowest BCUT2D eigenvalue weighted by Gasteiger charge is -2.39. The molecule has 1 saturated heterocycles. The SMILES string of the molecule is COC(=O)c1cnn(CCOCCOCC[C@H]2CN(C(=O)OC(C)(C)C)CC[C@@H]2NC(=O)OCc2ccccc2)c1. The Kier molecular flexibility index (Phi) is 12.4. The molecule has 0 unspecified atom stereocenters. The van der Waals surface area contributed by atoms with Crippen LogP contribution in [0.15, 0.2) is 42.7 Å². The van der Waals surface area contributed by atoms with Crippen LogP contribution in [0.5, 0.6) is 0 Å². The van der Waals surface area contributed by atoms with E-state index >= 15 is 0 Å². The maximum Gasteiger partial charge on any atom is 0.410 e. The predicted octanol–water partition coefficient (Wildman–Crippen LogP) is 3.65. The molecule has 12 heteroatoms. The number of methoxy groups -OCH3 is 1. The van der Waals surface area contributed by atoms with Crippen molar-refractivity contribution in [2.45, 2.75) is 58.4 Å². The van der Waals surface area contributed by atoms with Gasteiger partial charge in [-0.15, -0.1) is 0 Å². The third kappa shape index (κ3) is 11.4. The molecule has 0 saturated carbocycles. The second-order valence-corrected chi connectivity index (χ2v) is 10.8. The zero-order valence-electron chi connectivity index (χ0n) is 24.4. The molecule has 1 aromatic heterocycles. The van der Waals surface area contributed by atoms with Gasteiger partial charge in [0.15, 0.2) is 0 Å². The molecule has 3 rings (SSSR count). The quantitative estimate of drug-likeness (QED) is 0.216. The molecule has 2 amide bonds. The van der Waals surface area contributed by atoms with Gasteiger partial charge in [0.05, 0.1) is 45.2 Å². The van der Waals surface area contributed by atoms with E-state index in [1.165, 1.54) is 13.3 Å². The van der Waals surface area contributed by atoms with Gasteiger partial charge in [0.2, 0.25) is 0 Å². The molecule has 2 atom stereocenters. The molecule has 0 spiro atoms. The standard InChI is InChI=1S/C29H42N4O8/c1-29(2,3)41-28(36)32-12-10-25(31-27(35)40-21-22-8-6-5-7-9-22)23(19-32)11-14-38-16-17-39-15-13-33-20-24(18-30-33)26(34)37-4/h5-9,18,20,23,25H,10-17,19,21H2,1-4H3,(H,31,35)/t23-,25-/m0/s1. The summed E-state index contributed by atoms with van der Waals surface area (Å²) in [5, 5.41) is 7.09. The van der Waals surface area contributed by atoms with E-state index in [0.717, 1.165) is 5.56 Å². The Bertz CT molecular complexity index is 1100. The first-order chi connectivity index (χ1) is 19.6. The maximum absolute atomic E-state index is 12.7. The largest absolute Gasteiger partial charge is 0.465 e. The highest BCUT2D eigenvalue weighted by molar-refractivity contribution is 5.88. The fourth-order valence-electron chi connectivity index (χ4n) is 4.35. The van der Waals surface area contributed by atoms with Crippen molar-refractivity contribution in [3.8, 4) is 0 Å². The average molecular weight is 575 g/mol. The van der Waals surface area contributed by atoms with Crippen LogP contribution in [-0.4, -0.2) is 91.1 Å². The van der Waals surface area contributed by atoms with Crippen molar-refractivity contribution in [1.29, 1.82) is 0 Å². The molecule has 1 aliphatic rings. The second-order valence-electron chi connectivity index (χ2n) is 10.8. The van der Waals surface area contributed by atoms with Gasteiger partial charge < -0.3 is 33.9 Å². The van der Waals surface area contributed by atoms with Crippen molar-refractivity contribution in [3.05, 3.63) is 53.9 Å². The lowest BCUT2D eigenvalue weighted by atomic mass is 9.90. The van der Waals surface area contributed by atoms with Crippen molar-refractivity contribution in [2.24, 2.45) is 5.92 Å². The van der Waals surface area contributed by atoms with Crippen LogP contribution in [0.4, 0.5) is 9.59 Å². The summed E-state index contributed by atoms with van der Waals surface area (Å²) in [6.07, 6.45) is 3.43. The summed E-state index contributed by atoms with van der Waals surface area (Å²) >= 11 is 0. The lowest BCUT2D eigenvalue weighted by Crippen LogP contribution is -2.53. The molecule has 41 heavy (non-hydrogen) atoms. The number of carbonyl (C=O) groups excluding carboxylic acids is 3. The van der Waals surface area contributed by atoms with Gasteiger partial charge in [-0.25, -0.2) is 14.4 Å². The minimum Gasteiger partial charge on any atom is -0.465 e. The normalized spacial score (nSPS) is 17.1. The zero-order valence-corrected chi connectivity index (χ0v) is 24.4. The number of carbonyl (C=O) groups is 3. The van der Waals surface area contributed by atoms with Crippen LogP contribution in [0, 0.1) is 5.92 Å². The number of esters is 1. The Hall–Kier alpha value is -3.64. The lowest BCUT2D eigenvalue weighted by molar-refractivity contribution is 0.00631. The number of hydrogen-bond acceptors (Lipinski definition) is 9. The topological polar surface area (TPSA) is 130 Å². The van der Waals surface area contributed by atoms with E-state index in [1.54, 1.807) is 15.8 Å². The number of benzene rings is 1. The number of alkyl carbamates (subject to hydrolysis) is 1. The van der Waals surface area contributed by atoms with Gasteiger partial charge in [-0.3, -0.25) is 4.68 Å². The van der Waals surface area contributed by atoms with Crippen LogP contribution < -0.4 is 5.32 Å². The molecule has 1 N–H and O–H groups in total. The summed E-state index contributed by atoms with van der Waals surface area (Å²) in [5.41, 5.74) is 0.707. The number of aromatic nitrogens is 2. The molecule has 12 nitrogen and oxygen atoms in total. The van der Waals surface area contributed by atoms with Gasteiger partial charge in [0, 0.05) is 31.9 Å². The Morgan fingerprint density at radius 2 is 1.78 bits per heavy atom. The highest BCUT2D eigenvalue weighted by Crippen LogP contribution is 2.23. The highest BCUT2D eigenvalue weighted by Gasteiger charge is 2.34. The number of piperidine rings is 1. The third-order valence-electron chi connectivity index (χ3n) is 6.43. The summed E-state index contributed by atoms with van der Waals surface area (Å²) in [7, 11) is 1.33. The first-order valence-corrected chi connectivity index (χ1v) is 13.9.